The molecule has 0 spiro atoms. The topological polar surface area (TPSA) is 58.6 Å². The van der Waals surface area contributed by atoms with Crippen LogP contribution in [-0.2, 0) is 0 Å². The van der Waals surface area contributed by atoms with Crippen LogP contribution in [0.4, 0.5) is 0 Å². The fraction of sp³-hybridized carbons (Fsp3) is 0.0500. The summed E-state index contributed by atoms with van der Waals surface area (Å²) in [6, 6.07) is 21.2. The predicted molar refractivity (Wildman–Crippen MR) is 103 cm³/mol. The molecule has 0 fully saturated rings. The zero-order valence-corrected chi connectivity index (χ0v) is 14.4. The molecule has 0 aliphatic rings. The van der Waals surface area contributed by atoms with Gasteiger partial charge in [0.25, 0.3) is 0 Å². The molecule has 0 bridgehead atoms. The minimum Gasteiger partial charge on any atom is -0.339 e. The minimum absolute atomic E-state index is 0.0726. The van der Waals surface area contributed by atoms with Crippen LogP contribution in [0.1, 0.15) is 0 Å². The Bertz CT molecular complexity index is 1090. The maximum Gasteiger partial charge on any atom is 0.194 e. The highest BCUT2D eigenvalue weighted by atomic mass is 32.2. The van der Waals surface area contributed by atoms with E-state index in [0.717, 1.165) is 16.8 Å². The highest BCUT2D eigenvalue weighted by Crippen LogP contribution is 2.26. The Kier molecular flexibility index (Phi) is 4.07. The number of H-pyrrole nitrogens is 1. The fourth-order valence-corrected chi connectivity index (χ4v) is 3.34. The summed E-state index contributed by atoms with van der Waals surface area (Å²) in [6.45, 7) is 0. The third kappa shape index (κ3) is 2.94. The van der Waals surface area contributed by atoms with Gasteiger partial charge in [-0.3, -0.25) is 4.79 Å². The first kappa shape index (κ1) is 15.6. The van der Waals surface area contributed by atoms with Crippen molar-refractivity contribution in [2.24, 2.45) is 0 Å². The van der Waals surface area contributed by atoms with Gasteiger partial charge < -0.3 is 4.98 Å². The average molecular weight is 345 g/mol. The van der Waals surface area contributed by atoms with Crippen LogP contribution >= 0.6 is 11.8 Å². The molecule has 0 aliphatic heterocycles. The summed E-state index contributed by atoms with van der Waals surface area (Å²) in [7, 11) is 0. The molecule has 0 saturated carbocycles. The molecule has 122 valence electrons. The molecule has 2 heterocycles. The number of hydrogen-bond acceptors (Lipinski definition) is 4. The lowest BCUT2D eigenvalue weighted by atomic mass is 10.1. The van der Waals surface area contributed by atoms with Gasteiger partial charge in [0.05, 0.1) is 11.1 Å². The predicted octanol–water partition coefficient (Wildman–Crippen LogP) is 4.37. The van der Waals surface area contributed by atoms with Gasteiger partial charge in [-0.05, 0) is 11.8 Å². The van der Waals surface area contributed by atoms with Crippen LogP contribution in [0.5, 0.6) is 0 Å². The van der Waals surface area contributed by atoms with Crippen LogP contribution in [0.3, 0.4) is 0 Å². The molecule has 0 atom stereocenters. The largest absolute Gasteiger partial charge is 0.339 e. The van der Waals surface area contributed by atoms with Crippen LogP contribution in [0.15, 0.2) is 76.6 Å². The van der Waals surface area contributed by atoms with Crippen LogP contribution in [0.2, 0.25) is 0 Å². The van der Waals surface area contributed by atoms with E-state index in [1.807, 2.05) is 66.9 Å². The molecule has 4 nitrogen and oxygen atoms in total. The number of pyridine rings is 1. The second kappa shape index (κ2) is 6.53. The number of thioether (sulfide) groups is 1. The van der Waals surface area contributed by atoms with Crippen LogP contribution in [0.25, 0.3) is 33.7 Å². The van der Waals surface area contributed by atoms with Gasteiger partial charge in [-0.15, -0.1) is 11.8 Å². The van der Waals surface area contributed by atoms with Crippen molar-refractivity contribution in [3.05, 3.63) is 77.0 Å². The number of fused-ring (bicyclic) bond motifs is 1. The highest BCUT2D eigenvalue weighted by molar-refractivity contribution is 7.98. The maximum absolute atomic E-state index is 12.7. The zero-order valence-electron chi connectivity index (χ0n) is 13.6. The maximum atomic E-state index is 12.7. The van der Waals surface area contributed by atoms with Crippen LogP contribution in [-0.4, -0.2) is 21.2 Å². The second-order valence-corrected chi connectivity index (χ2v) is 6.35. The summed E-state index contributed by atoms with van der Waals surface area (Å²) in [5.41, 5.74) is 3.11. The van der Waals surface area contributed by atoms with Crippen molar-refractivity contribution in [3.8, 4) is 22.6 Å². The first-order chi connectivity index (χ1) is 12.3. The molecule has 0 aliphatic carbocycles. The van der Waals surface area contributed by atoms with Crippen molar-refractivity contribution in [1.29, 1.82) is 0 Å². The Morgan fingerprint density at radius 1 is 0.880 bits per heavy atom. The number of aromatic amines is 1. The lowest BCUT2D eigenvalue weighted by molar-refractivity contribution is 1.09. The lowest BCUT2D eigenvalue weighted by Gasteiger charge is -2.09. The molecular formula is C20H15N3OS. The number of hydrogen-bond donors (Lipinski definition) is 1. The highest BCUT2D eigenvalue weighted by Gasteiger charge is 2.13. The van der Waals surface area contributed by atoms with E-state index in [-0.39, 0.29) is 5.43 Å². The first-order valence-corrected chi connectivity index (χ1v) is 9.08. The van der Waals surface area contributed by atoms with Crippen molar-refractivity contribution < 1.29 is 0 Å². The Hall–Kier alpha value is -2.92. The first-order valence-electron chi connectivity index (χ1n) is 7.86. The monoisotopic (exact) mass is 345 g/mol. The van der Waals surface area contributed by atoms with E-state index in [0.29, 0.717) is 21.9 Å². The second-order valence-electron chi connectivity index (χ2n) is 5.56. The molecule has 5 heteroatoms. The molecule has 0 saturated heterocycles. The van der Waals surface area contributed by atoms with E-state index in [1.165, 1.54) is 11.8 Å². The molecule has 0 radical (unpaired) electrons. The van der Waals surface area contributed by atoms with Crippen LogP contribution in [0, 0.1) is 0 Å². The molecule has 4 rings (SSSR count). The molecule has 2 aromatic carbocycles. The van der Waals surface area contributed by atoms with Gasteiger partial charge in [-0.2, -0.15) is 0 Å². The lowest BCUT2D eigenvalue weighted by Crippen LogP contribution is -2.08. The summed E-state index contributed by atoms with van der Waals surface area (Å²) >= 11 is 1.45. The summed E-state index contributed by atoms with van der Waals surface area (Å²) < 4.78 is 0. The van der Waals surface area contributed by atoms with Crippen LogP contribution < -0.4 is 5.43 Å². The Morgan fingerprint density at radius 3 is 2.16 bits per heavy atom. The number of aromatic nitrogens is 3. The van der Waals surface area contributed by atoms with Gasteiger partial charge in [0.1, 0.15) is 10.7 Å². The molecule has 2 aromatic heterocycles. The third-order valence-corrected chi connectivity index (χ3v) is 4.64. The Morgan fingerprint density at radius 2 is 1.52 bits per heavy atom. The third-order valence-electron chi connectivity index (χ3n) is 3.96. The minimum atomic E-state index is -0.0726. The molecule has 1 N–H and O–H groups in total. The van der Waals surface area contributed by atoms with Crippen molar-refractivity contribution >= 4 is 22.8 Å². The van der Waals surface area contributed by atoms with E-state index in [9.17, 15) is 4.79 Å². The van der Waals surface area contributed by atoms with E-state index >= 15 is 0 Å². The van der Waals surface area contributed by atoms with Gasteiger partial charge in [-0.1, -0.05) is 60.7 Å². The summed E-state index contributed by atoms with van der Waals surface area (Å²) in [5.74, 6) is 0.610. The zero-order chi connectivity index (χ0) is 17.2. The number of nitrogens with one attached hydrogen (secondary N) is 1. The smallest absolute Gasteiger partial charge is 0.194 e. The van der Waals surface area contributed by atoms with Crippen molar-refractivity contribution in [1.82, 2.24) is 15.0 Å². The summed E-state index contributed by atoms with van der Waals surface area (Å²) in [5, 5.41) is 1.22. The number of nitrogens with zero attached hydrogens (tertiary/aromatic N) is 2. The molecular weight excluding hydrogens is 330 g/mol. The fourth-order valence-electron chi connectivity index (χ4n) is 2.76. The van der Waals surface area contributed by atoms with Crippen molar-refractivity contribution in [2.45, 2.75) is 5.03 Å². The number of benzene rings is 2. The summed E-state index contributed by atoms with van der Waals surface area (Å²) in [6.07, 6.45) is 1.92. The van der Waals surface area contributed by atoms with E-state index < -0.39 is 0 Å². The van der Waals surface area contributed by atoms with E-state index in [2.05, 4.69) is 15.0 Å². The molecule has 4 aromatic rings. The van der Waals surface area contributed by atoms with Gasteiger partial charge in [-0.25, -0.2) is 9.97 Å². The Balaban J connectivity index is 1.99. The van der Waals surface area contributed by atoms with Gasteiger partial charge in [0.2, 0.25) is 0 Å². The standard InChI is InChI=1S/C20H15N3OS/c1-25-20-17-16(24)12-15(13-8-4-2-5-9-13)21-19(17)22-18(23-20)14-10-6-3-7-11-14/h2-12H,1H3,(H,21,22,23,24). The van der Waals surface area contributed by atoms with Gasteiger partial charge >= 0.3 is 0 Å². The molecule has 25 heavy (non-hydrogen) atoms. The van der Waals surface area contributed by atoms with Gasteiger partial charge in [0.15, 0.2) is 11.3 Å². The van der Waals surface area contributed by atoms with Crippen molar-refractivity contribution in [2.75, 3.05) is 6.26 Å². The van der Waals surface area contributed by atoms with Gasteiger partial charge in [0, 0.05) is 11.6 Å². The number of rotatable bonds is 3. The van der Waals surface area contributed by atoms with E-state index in [1.54, 1.807) is 6.07 Å². The van der Waals surface area contributed by atoms with Crippen molar-refractivity contribution in [3.63, 3.8) is 0 Å². The molecule has 0 unspecified atom stereocenters. The van der Waals surface area contributed by atoms with E-state index in [4.69, 9.17) is 0 Å². The quantitative estimate of drug-likeness (QED) is 0.442. The Labute approximate surface area is 149 Å². The normalized spacial score (nSPS) is 10.9. The SMILES string of the molecule is CSc1nc(-c2ccccc2)nc2[nH]c(-c3ccccc3)cc(=O)c12. The average Bonchev–Trinajstić information content (AvgIpc) is 2.68. The summed E-state index contributed by atoms with van der Waals surface area (Å²) in [4.78, 5) is 25.2. The molecule has 0 amide bonds.